The quantitative estimate of drug-likeness (QED) is 0.862. The van der Waals surface area contributed by atoms with Crippen LogP contribution < -0.4 is 4.74 Å². The molecule has 0 bridgehead atoms. The Balaban J connectivity index is 1.94. The minimum atomic E-state index is -0.807. The van der Waals surface area contributed by atoms with E-state index in [1.54, 1.807) is 18.2 Å². The number of aliphatic hydroxyl groups is 1. The highest BCUT2D eigenvalue weighted by atomic mass is 35.5. The van der Waals surface area contributed by atoms with Crippen LogP contribution in [0.15, 0.2) is 30.3 Å². The number of hydrogen-bond donors (Lipinski definition) is 1. The predicted molar refractivity (Wildman–Crippen MR) is 85.8 cm³/mol. The van der Waals surface area contributed by atoms with Crippen LogP contribution >= 0.6 is 34.8 Å². The highest BCUT2D eigenvalue weighted by Crippen LogP contribution is 2.37. The van der Waals surface area contributed by atoms with Crippen molar-refractivity contribution in [2.45, 2.75) is 18.9 Å². The molecule has 1 heterocycles. The summed E-state index contributed by atoms with van der Waals surface area (Å²) in [5.74, 6) is 0.821. The average Bonchev–Trinajstić information content (AvgIpc) is 2.86. The monoisotopic (exact) mass is 342 g/mol. The molecule has 0 radical (unpaired) electrons. The number of fused-ring (bicyclic) bond motifs is 1. The number of hydrogen-bond acceptors (Lipinski definition) is 2. The van der Waals surface area contributed by atoms with Crippen molar-refractivity contribution in [1.29, 1.82) is 0 Å². The Hall–Kier alpha value is -0.930. The molecule has 21 heavy (non-hydrogen) atoms. The Kier molecular flexibility index (Phi) is 4.32. The van der Waals surface area contributed by atoms with Crippen molar-refractivity contribution in [1.82, 2.24) is 0 Å². The van der Waals surface area contributed by atoms with Crippen LogP contribution in [0.1, 0.15) is 22.8 Å². The zero-order valence-corrected chi connectivity index (χ0v) is 13.3. The molecule has 110 valence electrons. The van der Waals surface area contributed by atoms with Crippen LogP contribution in [0.5, 0.6) is 5.75 Å². The summed E-state index contributed by atoms with van der Waals surface area (Å²) in [6.45, 7) is 0.644. The van der Waals surface area contributed by atoms with E-state index >= 15 is 0 Å². The van der Waals surface area contributed by atoms with Gasteiger partial charge in [-0.25, -0.2) is 0 Å². The van der Waals surface area contributed by atoms with Gasteiger partial charge in [-0.2, -0.15) is 0 Å². The Morgan fingerprint density at radius 3 is 2.57 bits per heavy atom. The van der Waals surface area contributed by atoms with Crippen LogP contribution in [-0.4, -0.2) is 11.7 Å². The zero-order valence-electron chi connectivity index (χ0n) is 11.1. The topological polar surface area (TPSA) is 29.5 Å². The number of halogens is 3. The van der Waals surface area contributed by atoms with Gasteiger partial charge in [-0.15, -0.1) is 0 Å². The van der Waals surface area contributed by atoms with Gasteiger partial charge in [0.2, 0.25) is 0 Å². The largest absolute Gasteiger partial charge is 0.493 e. The number of rotatable bonds is 3. The van der Waals surface area contributed by atoms with Crippen molar-refractivity contribution in [2.75, 3.05) is 6.61 Å². The molecule has 2 aromatic rings. The van der Waals surface area contributed by atoms with Gasteiger partial charge in [0, 0.05) is 33.5 Å². The first-order valence-electron chi connectivity index (χ1n) is 6.62. The fraction of sp³-hybridized carbons (Fsp3) is 0.250. The third-order valence-corrected chi connectivity index (χ3v) is 4.45. The molecule has 1 atom stereocenters. The molecule has 0 amide bonds. The second kappa shape index (κ2) is 6.05. The summed E-state index contributed by atoms with van der Waals surface area (Å²) in [5.41, 5.74) is 2.49. The van der Waals surface area contributed by atoms with E-state index in [1.807, 2.05) is 12.1 Å². The number of ether oxygens (including phenoxy) is 1. The van der Waals surface area contributed by atoms with E-state index in [2.05, 4.69) is 0 Å². The first-order valence-corrected chi connectivity index (χ1v) is 7.75. The third-order valence-electron chi connectivity index (χ3n) is 3.57. The van der Waals surface area contributed by atoms with Crippen LogP contribution in [-0.2, 0) is 12.8 Å². The lowest BCUT2D eigenvalue weighted by atomic mass is 9.98. The van der Waals surface area contributed by atoms with Crippen LogP contribution in [0.25, 0.3) is 0 Å². The van der Waals surface area contributed by atoms with Crippen molar-refractivity contribution >= 4 is 34.8 Å². The lowest BCUT2D eigenvalue weighted by molar-refractivity contribution is 0.177. The predicted octanol–water partition coefficient (Wildman–Crippen LogP) is 4.86. The van der Waals surface area contributed by atoms with Crippen molar-refractivity contribution < 1.29 is 9.84 Å². The Bertz CT molecular complexity index is 665. The van der Waals surface area contributed by atoms with E-state index < -0.39 is 6.10 Å². The minimum absolute atomic E-state index is 0.354. The zero-order chi connectivity index (χ0) is 15.0. The van der Waals surface area contributed by atoms with Gasteiger partial charge in [0.15, 0.2) is 0 Å². The molecule has 1 aliphatic heterocycles. The number of aliphatic hydroxyl groups excluding tert-OH is 1. The summed E-state index contributed by atoms with van der Waals surface area (Å²) >= 11 is 18.4. The standard InChI is InChI=1S/C16H13Cl3O2/c17-11-6-9-4-5-21-16(9)10(7-11)8-14(20)15-12(18)2-1-3-13(15)19/h1-3,6-7,14,20H,4-5,8H2. The van der Waals surface area contributed by atoms with Gasteiger partial charge >= 0.3 is 0 Å². The molecule has 0 saturated carbocycles. The van der Waals surface area contributed by atoms with E-state index in [-0.39, 0.29) is 0 Å². The second-order valence-corrected chi connectivity index (χ2v) is 6.26. The molecule has 5 heteroatoms. The maximum Gasteiger partial charge on any atom is 0.126 e. The summed E-state index contributed by atoms with van der Waals surface area (Å²) in [6.07, 6.45) is 0.385. The molecule has 0 saturated heterocycles. The van der Waals surface area contributed by atoms with Crippen molar-refractivity contribution in [2.24, 2.45) is 0 Å². The summed E-state index contributed by atoms with van der Waals surface area (Å²) in [4.78, 5) is 0. The molecule has 1 N–H and O–H groups in total. The van der Waals surface area contributed by atoms with E-state index in [0.717, 1.165) is 23.3 Å². The first kappa shape index (κ1) is 15.0. The maximum atomic E-state index is 10.5. The Morgan fingerprint density at radius 2 is 1.86 bits per heavy atom. The van der Waals surface area contributed by atoms with Crippen molar-refractivity contribution in [3.8, 4) is 5.75 Å². The number of benzene rings is 2. The van der Waals surface area contributed by atoms with E-state index in [4.69, 9.17) is 39.5 Å². The molecular formula is C16H13Cl3O2. The minimum Gasteiger partial charge on any atom is -0.493 e. The smallest absolute Gasteiger partial charge is 0.126 e. The molecule has 1 unspecified atom stereocenters. The van der Waals surface area contributed by atoms with Crippen LogP contribution in [0.4, 0.5) is 0 Å². The van der Waals surface area contributed by atoms with Gasteiger partial charge in [0.05, 0.1) is 12.7 Å². The molecule has 0 aliphatic carbocycles. The van der Waals surface area contributed by atoms with E-state index in [9.17, 15) is 5.11 Å². The van der Waals surface area contributed by atoms with E-state index in [1.165, 1.54) is 0 Å². The van der Waals surface area contributed by atoms with Crippen molar-refractivity contribution in [3.63, 3.8) is 0 Å². The van der Waals surface area contributed by atoms with Gasteiger partial charge in [0.25, 0.3) is 0 Å². The van der Waals surface area contributed by atoms with Gasteiger partial charge in [0.1, 0.15) is 5.75 Å². The van der Waals surface area contributed by atoms with Gasteiger partial charge < -0.3 is 9.84 Å². The van der Waals surface area contributed by atoms with Gasteiger partial charge in [-0.05, 0) is 35.4 Å². The summed E-state index contributed by atoms with van der Waals surface area (Å²) < 4.78 is 5.65. The first-order chi connectivity index (χ1) is 10.1. The summed E-state index contributed by atoms with van der Waals surface area (Å²) in [5, 5.41) is 12.0. The highest BCUT2D eigenvalue weighted by molar-refractivity contribution is 6.36. The molecule has 2 nitrogen and oxygen atoms in total. The fourth-order valence-electron chi connectivity index (χ4n) is 2.64. The van der Waals surface area contributed by atoms with Crippen LogP contribution in [0, 0.1) is 0 Å². The molecule has 0 spiro atoms. The normalized spacial score (nSPS) is 14.7. The lowest BCUT2D eigenvalue weighted by Gasteiger charge is -2.16. The maximum absolute atomic E-state index is 10.5. The highest BCUT2D eigenvalue weighted by Gasteiger charge is 2.22. The van der Waals surface area contributed by atoms with Gasteiger partial charge in [-0.3, -0.25) is 0 Å². The molecule has 1 aliphatic rings. The van der Waals surface area contributed by atoms with Crippen LogP contribution in [0.3, 0.4) is 0 Å². The second-order valence-electron chi connectivity index (χ2n) is 5.01. The van der Waals surface area contributed by atoms with Gasteiger partial charge in [-0.1, -0.05) is 40.9 Å². The SMILES string of the molecule is OC(Cc1cc(Cl)cc2c1OCC2)c1c(Cl)cccc1Cl. The molecule has 3 rings (SSSR count). The molecule has 0 aromatic heterocycles. The molecule has 0 fully saturated rings. The van der Waals surface area contributed by atoms with Crippen LogP contribution in [0.2, 0.25) is 15.1 Å². The third kappa shape index (κ3) is 3.00. The average molecular weight is 344 g/mol. The Morgan fingerprint density at radius 1 is 1.14 bits per heavy atom. The van der Waals surface area contributed by atoms with Crippen molar-refractivity contribution in [3.05, 3.63) is 62.1 Å². The molecule has 2 aromatic carbocycles. The summed E-state index contributed by atoms with van der Waals surface area (Å²) in [7, 11) is 0. The van der Waals surface area contributed by atoms with E-state index in [0.29, 0.717) is 33.7 Å². The summed E-state index contributed by atoms with van der Waals surface area (Å²) in [6, 6.07) is 8.90. The molecular weight excluding hydrogens is 331 g/mol. The Labute approximate surface area is 138 Å². The fourth-order valence-corrected chi connectivity index (χ4v) is 3.55. The lowest BCUT2D eigenvalue weighted by Crippen LogP contribution is -2.05.